The van der Waals surface area contributed by atoms with Crippen molar-refractivity contribution >= 4 is 50.4 Å². The number of rotatable bonds is 6. The summed E-state index contributed by atoms with van der Waals surface area (Å²) >= 11 is 3.26. The molecule has 3 aromatic carbocycles. The van der Waals surface area contributed by atoms with Crippen LogP contribution in [0.2, 0.25) is 0 Å². The van der Waals surface area contributed by atoms with Gasteiger partial charge in [-0.2, -0.15) is 5.10 Å². The number of nitrogens with one attached hydrogen (secondary N) is 1. The third kappa shape index (κ3) is 3.61. The van der Waals surface area contributed by atoms with E-state index in [1.807, 2.05) is 37.3 Å². The van der Waals surface area contributed by atoms with Gasteiger partial charge in [-0.3, -0.25) is 14.5 Å². The maximum Gasteiger partial charge on any atom is 0.260 e. The van der Waals surface area contributed by atoms with Crippen LogP contribution in [0.3, 0.4) is 0 Å². The number of amides is 2. The largest absolute Gasteiger partial charge is 0.503 e. The molecule has 1 aliphatic heterocycles. The van der Waals surface area contributed by atoms with Gasteiger partial charge < -0.3 is 9.84 Å². The van der Waals surface area contributed by atoms with Gasteiger partial charge in [0.25, 0.3) is 11.8 Å². The maximum absolute atomic E-state index is 12.7. The molecule has 30 heavy (non-hydrogen) atoms. The standard InChI is InChI=1S/C22H18BrN3O4/c1-2-30-18-10-13(9-16(23)21(18)28)11-24-25-19(27)12-26-17-8-4-6-14-5-3-7-15(20(14)17)22(26)29/h3-11,28H,2,12H2,1H3,(H,25,27)/b24-11+. The predicted octanol–water partition coefficient (Wildman–Crippen LogP) is 3.82. The molecular formula is C22H18BrN3O4. The van der Waals surface area contributed by atoms with Crippen LogP contribution in [0, 0.1) is 0 Å². The Bertz CT molecular complexity index is 1190. The number of carbonyl (C=O) groups is 2. The van der Waals surface area contributed by atoms with Crippen molar-refractivity contribution < 1.29 is 19.4 Å². The Labute approximate surface area is 181 Å². The molecular weight excluding hydrogens is 450 g/mol. The van der Waals surface area contributed by atoms with Gasteiger partial charge in [0, 0.05) is 10.9 Å². The number of anilines is 1. The third-order valence-electron chi connectivity index (χ3n) is 4.70. The number of ether oxygens (including phenoxy) is 1. The van der Waals surface area contributed by atoms with Crippen LogP contribution in [-0.2, 0) is 4.79 Å². The number of halogens is 1. The van der Waals surface area contributed by atoms with Crippen molar-refractivity contribution in [3.8, 4) is 11.5 Å². The topological polar surface area (TPSA) is 91.2 Å². The highest BCUT2D eigenvalue weighted by atomic mass is 79.9. The second-order valence-corrected chi connectivity index (χ2v) is 7.50. The summed E-state index contributed by atoms with van der Waals surface area (Å²) in [5, 5.41) is 15.7. The van der Waals surface area contributed by atoms with E-state index in [4.69, 9.17) is 4.74 Å². The van der Waals surface area contributed by atoms with Crippen molar-refractivity contribution in [3.05, 3.63) is 64.1 Å². The zero-order valence-corrected chi connectivity index (χ0v) is 17.6. The van der Waals surface area contributed by atoms with Crippen molar-refractivity contribution in [1.29, 1.82) is 0 Å². The highest BCUT2D eigenvalue weighted by Gasteiger charge is 2.30. The van der Waals surface area contributed by atoms with Gasteiger partial charge in [-0.15, -0.1) is 0 Å². The summed E-state index contributed by atoms with van der Waals surface area (Å²) in [6, 6.07) is 14.4. The molecule has 0 aliphatic carbocycles. The summed E-state index contributed by atoms with van der Waals surface area (Å²) in [7, 11) is 0. The Hall–Kier alpha value is -3.39. The average Bonchev–Trinajstić information content (AvgIpc) is 3.00. The molecule has 0 atom stereocenters. The molecule has 0 radical (unpaired) electrons. The fraction of sp³-hybridized carbons (Fsp3) is 0.136. The molecule has 0 bridgehead atoms. The Balaban J connectivity index is 1.46. The van der Waals surface area contributed by atoms with Crippen molar-refractivity contribution in [2.45, 2.75) is 6.92 Å². The number of aromatic hydroxyl groups is 1. The second kappa shape index (κ2) is 8.16. The van der Waals surface area contributed by atoms with Gasteiger partial charge in [-0.05, 0) is 58.1 Å². The van der Waals surface area contributed by atoms with E-state index >= 15 is 0 Å². The van der Waals surface area contributed by atoms with Crippen LogP contribution in [0.1, 0.15) is 22.8 Å². The number of hydrazone groups is 1. The molecule has 0 unspecified atom stereocenters. The van der Waals surface area contributed by atoms with Gasteiger partial charge in [0.1, 0.15) is 6.54 Å². The summed E-state index contributed by atoms with van der Waals surface area (Å²) in [4.78, 5) is 26.6. The number of nitrogens with zero attached hydrogens (tertiary/aromatic N) is 2. The summed E-state index contributed by atoms with van der Waals surface area (Å²) in [6.45, 7) is 2.07. The lowest BCUT2D eigenvalue weighted by atomic mass is 10.1. The zero-order chi connectivity index (χ0) is 21.3. The molecule has 4 rings (SSSR count). The van der Waals surface area contributed by atoms with Crippen LogP contribution < -0.4 is 15.1 Å². The molecule has 7 nitrogen and oxygen atoms in total. The molecule has 0 saturated heterocycles. The lowest BCUT2D eigenvalue weighted by Gasteiger charge is -2.16. The van der Waals surface area contributed by atoms with Crippen LogP contribution in [0.4, 0.5) is 5.69 Å². The van der Waals surface area contributed by atoms with E-state index in [2.05, 4.69) is 26.5 Å². The summed E-state index contributed by atoms with van der Waals surface area (Å²) < 4.78 is 5.82. The molecule has 1 aliphatic rings. The van der Waals surface area contributed by atoms with E-state index in [0.29, 0.717) is 28.0 Å². The fourth-order valence-corrected chi connectivity index (χ4v) is 3.89. The Morgan fingerprint density at radius 3 is 2.80 bits per heavy atom. The number of benzene rings is 3. The van der Waals surface area contributed by atoms with Gasteiger partial charge in [-0.1, -0.05) is 24.3 Å². The molecule has 0 spiro atoms. The summed E-state index contributed by atoms with van der Waals surface area (Å²) in [6.07, 6.45) is 1.44. The number of phenolic OH excluding ortho intramolecular Hbond substituents is 1. The van der Waals surface area contributed by atoms with Crippen LogP contribution in [0.25, 0.3) is 10.8 Å². The van der Waals surface area contributed by atoms with E-state index in [9.17, 15) is 14.7 Å². The molecule has 1 heterocycles. The van der Waals surface area contributed by atoms with Crippen molar-refractivity contribution in [2.75, 3.05) is 18.1 Å². The molecule has 0 fully saturated rings. The number of phenols is 1. The number of hydrogen-bond donors (Lipinski definition) is 2. The van der Waals surface area contributed by atoms with E-state index in [1.54, 1.807) is 18.2 Å². The lowest BCUT2D eigenvalue weighted by molar-refractivity contribution is -0.119. The van der Waals surface area contributed by atoms with Crippen LogP contribution >= 0.6 is 15.9 Å². The van der Waals surface area contributed by atoms with Gasteiger partial charge >= 0.3 is 0 Å². The van der Waals surface area contributed by atoms with E-state index < -0.39 is 5.91 Å². The van der Waals surface area contributed by atoms with E-state index in [-0.39, 0.29) is 18.2 Å². The van der Waals surface area contributed by atoms with Crippen LogP contribution in [0.15, 0.2) is 58.1 Å². The van der Waals surface area contributed by atoms with Crippen LogP contribution in [-0.4, -0.2) is 36.3 Å². The average molecular weight is 468 g/mol. The fourth-order valence-electron chi connectivity index (χ4n) is 3.43. The van der Waals surface area contributed by atoms with Gasteiger partial charge in [0.15, 0.2) is 11.5 Å². The second-order valence-electron chi connectivity index (χ2n) is 6.65. The van der Waals surface area contributed by atoms with Crippen molar-refractivity contribution in [1.82, 2.24) is 5.43 Å². The van der Waals surface area contributed by atoms with Gasteiger partial charge in [0.2, 0.25) is 0 Å². The van der Waals surface area contributed by atoms with Crippen molar-refractivity contribution in [3.63, 3.8) is 0 Å². The smallest absolute Gasteiger partial charge is 0.260 e. The quantitative estimate of drug-likeness (QED) is 0.425. The minimum Gasteiger partial charge on any atom is -0.503 e. The van der Waals surface area contributed by atoms with Gasteiger partial charge in [-0.25, -0.2) is 5.43 Å². The first-order valence-corrected chi connectivity index (χ1v) is 10.1. The molecule has 2 amide bonds. The minimum atomic E-state index is -0.424. The lowest BCUT2D eigenvalue weighted by Crippen LogP contribution is -2.37. The first-order chi connectivity index (χ1) is 14.5. The van der Waals surface area contributed by atoms with Crippen molar-refractivity contribution in [2.24, 2.45) is 5.10 Å². The van der Waals surface area contributed by atoms with E-state index in [0.717, 1.165) is 16.5 Å². The SMILES string of the molecule is CCOc1cc(/C=N/NC(=O)CN2C(=O)c3cccc4cccc2c34)cc(Br)c1O. The molecule has 8 heteroatoms. The number of carbonyl (C=O) groups excluding carboxylic acids is 2. The van der Waals surface area contributed by atoms with Crippen LogP contribution in [0.5, 0.6) is 11.5 Å². The normalized spacial score (nSPS) is 12.7. The molecule has 3 aromatic rings. The summed E-state index contributed by atoms with van der Waals surface area (Å²) in [5.74, 6) is -0.315. The van der Waals surface area contributed by atoms with Gasteiger partial charge in [0.05, 0.1) is 23.0 Å². The Morgan fingerprint density at radius 1 is 1.27 bits per heavy atom. The Kier molecular flexibility index (Phi) is 5.41. The first kappa shape index (κ1) is 19.9. The highest BCUT2D eigenvalue weighted by Crippen LogP contribution is 2.37. The summed E-state index contributed by atoms with van der Waals surface area (Å²) in [5.41, 5.74) is 4.38. The zero-order valence-electron chi connectivity index (χ0n) is 16.1. The third-order valence-corrected chi connectivity index (χ3v) is 5.31. The maximum atomic E-state index is 12.7. The minimum absolute atomic E-state index is 0.000627. The molecule has 0 aromatic heterocycles. The first-order valence-electron chi connectivity index (χ1n) is 9.30. The Morgan fingerprint density at radius 2 is 2.03 bits per heavy atom. The number of hydrogen-bond acceptors (Lipinski definition) is 5. The molecule has 0 saturated carbocycles. The molecule has 2 N–H and O–H groups in total. The monoisotopic (exact) mass is 467 g/mol. The molecule has 152 valence electrons. The predicted molar refractivity (Wildman–Crippen MR) is 118 cm³/mol. The highest BCUT2D eigenvalue weighted by molar-refractivity contribution is 9.10. The van der Waals surface area contributed by atoms with E-state index in [1.165, 1.54) is 11.1 Å².